The third-order valence-corrected chi connectivity index (χ3v) is 2.63. The number of carbonyl (C=O) groups excluding carboxylic acids is 1. The largest absolute Gasteiger partial charge is 0.496 e. The summed E-state index contributed by atoms with van der Waals surface area (Å²) in [5, 5.41) is 8.80. The van der Waals surface area contributed by atoms with Crippen LogP contribution in [0.3, 0.4) is 0 Å². The van der Waals surface area contributed by atoms with Crippen LogP contribution in [0.4, 0.5) is 0 Å². The summed E-state index contributed by atoms with van der Waals surface area (Å²) in [5.41, 5.74) is 1.25. The fourth-order valence-electron chi connectivity index (χ4n) is 1.79. The molecule has 0 saturated heterocycles. The van der Waals surface area contributed by atoms with Crippen molar-refractivity contribution in [2.75, 3.05) is 7.11 Å². The van der Waals surface area contributed by atoms with Gasteiger partial charge < -0.3 is 14.3 Å². The Balaban J connectivity index is 2.46. The van der Waals surface area contributed by atoms with Crippen molar-refractivity contribution in [2.45, 2.75) is 6.42 Å². The quantitative estimate of drug-likeness (QED) is 0.835. The lowest BCUT2D eigenvalue weighted by Gasteiger charge is -2.08. The zero-order chi connectivity index (χ0) is 13.8. The van der Waals surface area contributed by atoms with Crippen molar-refractivity contribution in [3.05, 3.63) is 41.7 Å². The summed E-state index contributed by atoms with van der Waals surface area (Å²) in [6, 6.07) is 8.23. The van der Waals surface area contributed by atoms with E-state index in [1.165, 1.54) is 7.11 Å². The average molecular weight is 260 g/mol. The molecule has 0 spiro atoms. The lowest BCUT2D eigenvalue weighted by Crippen LogP contribution is -2.00. The van der Waals surface area contributed by atoms with Gasteiger partial charge in [-0.15, -0.1) is 0 Å². The average Bonchev–Trinajstić information content (AvgIpc) is 2.86. The van der Waals surface area contributed by atoms with Gasteiger partial charge in [0, 0.05) is 0 Å². The van der Waals surface area contributed by atoms with Gasteiger partial charge in [0.05, 0.1) is 19.1 Å². The maximum atomic E-state index is 10.7. The van der Waals surface area contributed by atoms with Gasteiger partial charge >= 0.3 is 5.97 Å². The number of methoxy groups -OCH3 is 1. The minimum Gasteiger partial charge on any atom is -0.496 e. The number of carbonyl (C=O) groups is 2. The van der Waals surface area contributed by atoms with E-state index in [1.807, 2.05) is 0 Å². The summed E-state index contributed by atoms with van der Waals surface area (Å²) in [7, 11) is 1.51. The van der Waals surface area contributed by atoms with Gasteiger partial charge in [-0.25, -0.2) is 0 Å². The monoisotopic (exact) mass is 260 g/mol. The molecule has 0 saturated carbocycles. The molecule has 5 nitrogen and oxygen atoms in total. The first-order valence-electron chi connectivity index (χ1n) is 5.58. The van der Waals surface area contributed by atoms with Crippen molar-refractivity contribution >= 4 is 12.3 Å². The van der Waals surface area contributed by atoms with Gasteiger partial charge in [0.15, 0.2) is 12.0 Å². The number of hydrogen-bond donors (Lipinski definition) is 1. The van der Waals surface area contributed by atoms with Crippen molar-refractivity contribution in [3.63, 3.8) is 0 Å². The molecule has 0 bridgehead atoms. The number of carboxylic acids is 1. The van der Waals surface area contributed by atoms with E-state index in [4.69, 9.17) is 14.3 Å². The molecule has 2 rings (SSSR count). The first-order chi connectivity index (χ1) is 9.13. The number of furan rings is 1. The van der Waals surface area contributed by atoms with Crippen LogP contribution in [-0.2, 0) is 11.2 Å². The predicted molar refractivity (Wildman–Crippen MR) is 67.4 cm³/mol. The van der Waals surface area contributed by atoms with E-state index in [1.54, 1.807) is 30.3 Å². The van der Waals surface area contributed by atoms with Crippen LogP contribution in [0, 0.1) is 0 Å². The van der Waals surface area contributed by atoms with Gasteiger partial charge in [-0.2, -0.15) is 0 Å². The van der Waals surface area contributed by atoms with Gasteiger partial charge in [-0.3, -0.25) is 9.59 Å². The minimum absolute atomic E-state index is 0.0851. The Kier molecular flexibility index (Phi) is 3.66. The third-order valence-electron chi connectivity index (χ3n) is 2.63. The molecule has 98 valence electrons. The zero-order valence-corrected chi connectivity index (χ0v) is 10.3. The molecule has 2 aromatic rings. The second-order valence-corrected chi connectivity index (χ2v) is 3.93. The molecule has 19 heavy (non-hydrogen) atoms. The maximum Gasteiger partial charge on any atom is 0.307 e. The minimum atomic E-state index is -0.913. The molecule has 0 radical (unpaired) electrons. The van der Waals surface area contributed by atoms with E-state index >= 15 is 0 Å². The summed E-state index contributed by atoms with van der Waals surface area (Å²) >= 11 is 0. The van der Waals surface area contributed by atoms with Gasteiger partial charge in [0.25, 0.3) is 0 Å². The summed E-state index contributed by atoms with van der Waals surface area (Å²) in [6.45, 7) is 0. The van der Waals surface area contributed by atoms with Crippen LogP contribution in [0.1, 0.15) is 16.1 Å². The molecule has 0 amide bonds. The van der Waals surface area contributed by atoms with Crippen LogP contribution >= 0.6 is 0 Å². The Morgan fingerprint density at radius 3 is 2.74 bits per heavy atom. The number of carboxylic acid groups (broad SMARTS) is 1. The molecule has 0 atom stereocenters. The van der Waals surface area contributed by atoms with E-state index < -0.39 is 5.97 Å². The Hall–Kier alpha value is -2.56. The molecular formula is C14H12O5. The highest BCUT2D eigenvalue weighted by Crippen LogP contribution is 2.32. The fraction of sp³-hybridized carbons (Fsp3) is 0.143. The van der Waals surface area contributed by atoms with Crippen LogP contribution in [-0.4, -0.2) is 24.5 Å². The molecule has 0 aliphatic heterocycles. The number of hydrogen-bond acceptors (Lipinski definition) is 4. The number of aliphatic carboxylic acids is 1. The van der Waals surface area contributed by atoms with Crippen LogP contribution in [0.25, 0.3) is 11.3 Å². The van der Waals surface area contributed by atoms with Crippen molar-refractivity contribution in [1.82, 2.24) is 0 Å². The lowest BCUT2D eigenvalue weighted by molar-refractivity contribution is -0.136. The Labute approximate surface area is 109 Å². The second-order valence-electron chi connectivity index (χ2n) is 3.93. The number of benzene rings is 1. The zero-order valence-electron chi connectivity index (χ0n) is 10.3. The van der Waals surface area contributed by atoms with Crippen molar-refractivity contribution in [2.24, 2.45) is 0 Å². The summed E-state index contributed by atoms with van der Waals surface area (Å²) < 4.78 is 10.5. The number of rotatable bonds is 5. The van der Waals surface area contributed by atoms with Crippen molar-refractivity contribution < 1.29 is 23.8 Å². The van der Waals surface area contributed by atoms with Crippen molar-refractivity contribution in [3.8, 4) is 17.1 Å². The fourth-order valence-corrected chi connectivity index (χ4v) is 1.79. The molecular weight excluding hydrogens is 248 g/mol. The van der Waals surface area contributed by atoms with Crippen LogP contribution < -0.4 is 4.74 Å². The molecule has 0 aliphatic carbocycles. The second kappa shape index (κ2) is 5.39. The molecule has 0 unspecified atom stereocenters. The summed E-state index contributed by atoms with van der Waals surface area (Å²) in [5.74, 6) is 0.317. The Bertz CT molecular complexity index is 612. The van der Waals surface area contributed by atoms with Gasteiger partial charge in [0.1, 0.15) is 11.5 Å². The standard InChI is InChI=1S/C14H12O5/c1-18-12-4-2-9(7-14(16)17)6-11(12)13-5-3-10(8-15)19-13/h2-6,8H,7H2,1H3,(H,16,17). The first-order valence-corrected chi connectivity index (χ1v) is 5.58. The number of aldehydes is 1. The highest BCUT2D eigenvalue weighted by atomic mass is 16.5. The molecule has 1 N–H and O–H groups in total. The molecule has 0 fully saturated rings. The van der Waals surface area contributed by atoms with Crippen LogP contribution in [0.15, 0.2) is 34.7 Å². The Morgan fingerprint density at radius 1 is 1.37 bits per heavy atom. The SMILES string of the molecule is COc1ccc(CC(=O)O)cc1-c1ccc(C=O)o1. The van der Waals surface area contributed by atoms with Gasteiger partial charge in [0.2, 0.25) is 0 Å². The van der Waals surface area contributed by atoms with Crippen LogP contribution in [0.2, 0.25) is 0 Å². The van der Waals surface area contributed by atoms with E-state index in [0.29, 0.717) is 28.9 Å². The predicted octanol–water partition coefficient (Wildman–Crippen LogP) is 2.39. The molecule has 1 aromatic carbocycles. The van der Waals surface area contributed by atoms with E-state index in [9.17, 15) is 9.59 Å². The first kappa shape index (κ1) is 12.9. The molecule has 1 heterocycles. The normalized spacial score (nSPS) is 10.2. The molecule has 5 heteroatoms. The highest BCUT2D eigenvalue weighted by molar-refractivity contribution is 5.76. The Morgan fingerprint density at radius 2 is 2.16 bits per heavy atom. The topological polar surface area (TPSA) is 76.7 Å². The molecule has 1 aromatic heterocycles. The van der Waals surface area contributed by atoms with E-state index in [2.05, 4.69) is 0 Å². The summed E-state index contributed by atoms with van der Waals surface area (Å²) in [4.78, 5) is 21.3. The maximum absolute atomic E-state index is 10.7. The lowest BCUT2D eigenvalue weighted by atomic mass is 10.1. The highest BCUT2D eigenvalue weighted by Gasteiger charge is 2.12. The smallest absolute Gasteiger partial charge is 0.307 e. The van der Waals surface area contributed by atoms with Gasteiger partial charge in [-0.05, 0) is 29.8 Å². The molecule has 0 aliphatic rings. The van der Waals surface area contributed by atoms with E-state index in [0.717, 1.165) is 0 Å². The van der Waals surface area contributed by atoms with E-state index in [-0.39, 0.29) is 12.2 Å². The van der Waals surface area contributed by atoms with Crippen molar-refractivity contribution in [1.29, 1.82) is 0 Å². The number of ether oxygens (including phenoxy) is 1. The van der Waals surface area contributed by atoms with Crippen LogP contribution in [0.5, 0.6) is 5.75 Å². The summed E-state index contributed by atoms with van der Waals surface area (Å²) in [6.07, 6.45) is 0.523. The third kappa shape index (κ3) is 2.82. The van der Waals surface area contributed by atoms with Gasteiger partial charge in [-0.1, -0.05) is 6.07 Å².